The number of hydrogen-bond donors (Lipinski definition) is 1. The Morgan fingerprint density at radius 2 is 2.27 bits per heavy atom. The van der Waals surface area contributed by atoms with E-state index < -0.39 is 24.8 Å². The Hall–Kier alpha value is -1.60. The maximum Gasteiger partial charge on any atom is 0.383 e. The van der Waals surface area contributed by atoms with Crippen LogP contribution in [0.5, 0.6) is 0 Å². The van der Waals surface area contributed by atoms with Gasteiger partial charge in [-0.2, -0.15) is 8.78 Å². The highest BCUT2D eigenvalue weighted by Gasteiger charge is 2.48. The van der Waals surface area contributed by atoms with Gasteiger partial charge in [-0.1, -0.05) is 5.16 Å². The Labute approximate surface area is 81.2 Å². The van der Waals surface area contributed by atoms with Crippen molar-refractivity contribution in [3.05, 3.63) is 18.0 Å². The van der Waals surface area contributed by atoms with Gasteiger partial charge in [0.2, 0.25) is 0 Å². The molecule has 0 saturated carbocycles. The summed E-state index contributed by atoms with van der Waals surface area (Å²) < 4.78 is 52.4. The molecule has 0 aromatic carbocycles. The summed E-state index contributed by atoms with van der Waals surface area (Å²) in [6.45, 7) is -0.391. The first kappa shape index (κ1) is 11.5. The van der Waals surface area contributed by atoms with Crippen LogP contribution in [-0.4, -0.2) is 23.4 Å². The van der Waals surface area contributed by atoms with Crippen LogP contribution in [0.25, 0.3) is 0 Å². The first-order chi connectivity index (χ1) is 6.94. The van der Waals surface area contributed by atoms with Gasteiger partial charge in [0.25, 0.3) is 5.91 Å². The monoisotopic (exact) mass is 226 g/mol. The van der Waals surface area contributed by atoms with Gasteiger partial charge in [0.05, 0.1) is 6.54 Å². The second-order valence-electron chi connectivity index (χ2n) is 2.60. The van der Waals surface area contributed by atoms with E-state index in [2.05, 4.69) is 9.68 Å². The Kier molecular flexibility index (Phi) is 3.28. The number of aromatic nitrogens is 1. The Morgan fingerprint density at radius 3 is 2.73 bits per heavy atom. The fourth-order valence-corrected chi connectivity index (χ4v) is 0.717. The van der Waals surface area contributed by atoms with Crippen LogP contribution >= 0.6 is 0 Å². The van der Waals surface area contributed by atoms with Gasteiger partial charge in [0.1, 0.15) is 12.0 Å². The molecule has 0 aliphatic rings. The van der Waals surface area contributed by atoms with E-state index in [-0.39, 0.29) is 5.69 Å². The molecule has 1 heterocycles. The molecule has 84 valence electrons. The summed E-state index contributed by atoms with van der Waals surface area (Å²) in [6.07, 6.45) is -2.87. The first-order valence-electron chi connectivity index (χ1n) is 3.78. The third-order valence-electron chi connectivity index (χ3n) is 1.50. The molecule has 1 N–H and O–H groups in total. The molecule has 0 aliphatic heterocycles. The second-order valence-corrected chi connectivity index (χ2v) is 2.60. The van der Waals surface area contributed by atoms with Crippen molar-refractivity contribution in [3.63, 3.8) is 0 Å². The number of halogens is 4. The number of amides is 1. The molecule has 1 amide bonds. The first-order valence-corrected chi connectivity index (χ1v) is 3.78. The molecule has 8 heteroatoms. The lowest BCUT2D eigenvalue weighted by molar-refractivity contribution is -0.169. The van der Waals surface area contributed by atoms with Crippen LogP contribution in [0.3, 0.4) is 0 Å². The summed E-state index contributed by atoms with van der Waals surface area (Å²) in [4.78, 5) is 10.6. The molecule has 1 aromatic rings. The maximum atomic E-state index is 12.4. The molecule has 1 rings (SSSR count). The van der Waals surface area contributed by atoms with Gasteiger partial charge in [0.15, 0.2) is 0 Å². The standard InChI is InChI=1S/C7H6F4N2O2/c8-5(9)7(10,11)6(14)12-3-4-1-2-15-13-4/h1-2,5H,3H2,(H,12,14). The second kappa shape index (κ2) is 4.28. The quantitative estimate of drug-likeness (QED) is 0.784. The predicted molar refractivity (Wildman–Crippen MR) is 39.3 cm³/mol. The summed E-state index contributed by atoms with van der Waals surface area (Å²) in [5.74, 6) is -6.73. The van der Waals surface area contributed by atoms with Gasteiger partial charge in [-0.25, -0.2) is 8.78 Å². The molecule has 0 unspecified atom stereocenters. The van der Waals surface area contributed by atoms with Gasteiger partial charge < -0.3 is 9.84 Å². The molecule has 0 spiro atoms. The number of carbonyl (C=O) groups excluding carboxylic acids is 1. The van der Waals surface area contributed by atoms with Crippen LogP contribution < -0.4 is 5.32 Å². The van der Waals surface area contributed by atoms with Crippen molar-refractivity contribution < 1.29 is 26.9 Å². The topological polar surface area (TPSA) is 55.1 Å². The zero-order chi connectivity index (χ0) is 11.5. The average Bonchev–Trinajstić information content (AvgIpc) is 2.66. The summed E-state index contributed by atoms with van der Waals surface area (Å²) in [5.41, 5.74) is 0.161. The highest BCUT2D eigenvalue weighted by Crippen LogP contribution is 2.22. The third-order valence-corrected chi connectivity index (χ3v) is 1.50. The summed E-state index contributed by atoms with van der Waals surface area (Å²) in [7, 11) is 0. The Morgan fingerprint density at radius 1 is 1.60 bits per heavy atom. The van der Waals surface area contributed by atoms with E-state index in [9.17, 15) is 22.4 Å². The SMILES string of the molecule is O=C(NCc1ccon1)C(F)(F)C(F)F. The molecule has 0 saturated heterocycles. The summed E-state index contributed by atoms with van der Waals surface area (Å²) in [5, 5.41) is 4.91. The van der Waals surface area contributed by atoms with Crippen LogP contribution in [0.2, 0.25) is 0 Å². The van der Waals surface area contributed by atoms with Crippen molar-refractivity contribution in [2.24, 2.45) is 0 Å². The van der Waals surface area contributed by atoms with Crippen molar-refractivity contribution in [2.75, 3.05) is 0 Å². The van der Waals surface area contributed by atoms with Crippen LogP contribution in [0.15, 0.2) is 16.9 Å². The smallest absolute Gasteiger partial charge is 0.364 e. The van der Waals surface area contributed by atoms with Crippen LogP contribution in [0.1, 0.15) is 5.69 Å². The molecule has 15 heavy (non-hydrogen) atoms. The number of nitrogens with one attached hydrogen (secondary N) is 1. The van der Waals surface area contributed by atoms with Crippen LogP contribution in [0.4, 0.5) is 17.6 Å². The lowest BCUT2D eigenvalue weighted by atomic mass is 10.3. The van der Waals surface area contributed by atoms with E-state index in [1.807, 2.05) is 0 Å². The minimum Gasteiger partial charge on any atom is -0.364 e. The van der Waals surface area contributed by atoms with E-state index in [4.69, 9.17) is 0 Å². The van der Waals surface area contributed by atoms with Crippen LogP contribution in [0, 0.1) is 0 Å². The molecule has 0 fully saturated rings. The highest BCUT2D eigenvalue weighted by atomic mass is 19.3. The predicted octanol–water partition coefficient (Wildman–Crippen LogP) is 1.19. The minimum absolute atomic E-state index is 0.161. The number of rotatable bonds is 4. The number of nitrogens with zero attached hydrogens (tertiary/aromatic N) is 1. The van der Waals surface area contributed by atoms with Gasteiger partial charge in [-0.15, -0.1) is 0 Å². The Bertz CT molecular complexity index is 326. The number of alkyl halides is 4. The molecule has 0 aliphatic carbocycles. The van der Waals surface area contributed by atoms with Crippen molar-refractivity contribution in [1.82, 2.24) is 10.5 Å². The van der Waals surface area contributed by atoms with E-state index >= 15 is 0 Å². The summed E-state index contributed by atoms with van der Waals surface area (Å²) in [6, 6.07) is 1.31. The maximum absolute atomic E-state index is 12.4. The van der Waals surface area contributed by atoms with Gasteiger partial charge >= 0.3 is 12.3 Å². The fourth-order valence-electron chi connectivity index (χ4n) is 0.717. The molecule has 0 radical (unpaired) electrons. The lowest BCUT2D eigenvalue weighted by Gasteiger charge is -2.13. The van der Waals surface area contributed by atoms with Crippen molar-refractivity contribution >= 4 is 5.91 Å². The fraction of sp³-hybridized carbons (Fsp3) is 0.429. The van der Waals surface area contributed by atoms with E-state index in [1.165, 1.54) is 6.07 Å². The lowest BCUT2D eigenvalue weighted by Crippen LogP contribution is -2.44. The highest BCUT2D eigenvalue weighted by molar-refractivity contribution is 5.83. The zero-order valence-corrected chi connectivity index (χ0v) is 7.21. The summed E-state index contributed by atoms with van der Waals surface area (Å²) >= 11 is 0. The van der Waals surface area contributed by atoms with E-state index in [0.29, 0.717) is 0 Å². The molecular formula is C7H6F4N2O2. The molecule has 0 atom stereocenters. The molecule has 1 aromatic heterocycles. The van der Waals surface area contributed by atoms with Crippen molar-refractivity contribution in [1.29, 1.82) is 0 Å². The van der Waals surface area contributed by atoms with Crippen LogP contribution in [-0.2, 0) is 11.3 Å². The average molecular weight is 226 g/mol. The van der Waals surface area contributed by atoms with Gasteiger partial charge in [-0.05, 0) is 0 Å². The van der Waals surface area contributed by atoms with Crippen molar-refractivity contribution in [2.45, 2.75) is 18.9 Å². The van der Waals surface area contributed by atoms with E-state index in [0.717, 1.165) is 6.26 Å². The molecule has 4 nitrogen and oxygen atoms in total. The number of carbonyl (C=O) groups is 1. The largest absolute Gasteiger partial charge is 0.383 e. The molecule has 0 bridgehead atoms. The molecular weight excluding hydrogens is 220 g/mol. The minimum atomic E-state index is -4.69. The number of hydrogen-bond acceptors (Lipinski definition) is 3. The van der Waals surface area contributed by atoms with E-state index in [1.54, 1.807) is 5.32 Å². The van der Waals surface area contributed by atoms with Crippen molar-refractivity contribution in [3.8, 4) is 0 Å². The normalized spacial score (nSPS) is 11.8. The van der Waals surface area contributed by atoms with Gasteiger partial charge in [-0.3, -0.25) is 4.79 Å². The Balaban J connectivity index is 2.49. The third kappa shape index (κ3) is 2.67. The van der Waals surface area contributed by atoms with Gasteiger partial charge in [0, 0.05) is 6.07 Å². The zero-order valence-electron chi connectivity index (χ0n) is 7.21.